The number of alkyl halides is 3. The first-order valence-electron chi connectivity index (χ1n) is 10.2. The van der Waals surface area contributed by atoms with Gasteiger partial charge in [-0.3, -0.25) is 14.5 Å². The molecule has 0 aliphatic carbocycles. The van der Waals surface area contributed by atoms with Crippen LogP contribution in [0.3, 0.4) is 0 Å². The molecule has 1 aliphatic rings. The lowest BCUT2D eigenvalue weighted by Crippen LogP contribution is -2.44. The molecule has 32 heavy (non-hydrogen) atoms. The van der Waals surface area contributed by atoms with Crippen LogP contribution in [-0.2, 0) is 23.9 Å². The molecule has 174 valence electrons. The highest BCUT2D eigenvalue weighted by molar-refractivity contribution is 5.96. The number of benzene rings is 1. The van der Waals surface area contributed by atoms with E-state index in [9.17, 15) is 18.0 Å². The van der Waals surface area contributed by atoms with Crippen molar-refractivity contribution >= 4 is 11.7 Å². The van der Waals surface area contributed by atoms with Crippen molar-refractivity contribution in [2.24, 2.45) is 11.6 Å². The molecule has 1 aromatic carbocycles. The summed E-state index contributed by atoms with van der Waals surface area (Å²) in [5.74, 6) is 6.21. The number of rotatable bonds is 7. The maximum atomic E-state index is 13.4. The molecular formula is C21H27F3N6O2. The van der Waals surface area contributed by atoms with E-state index < -0.39 is 17.6 Å². The Balaban J connectivity index is 1.79. The van der Waals surface area contributed by atoms with Crippen LogP contribution in [0.2, 0.25) is 0 Å². The molecule has 4 N–H and O–H groups in total. The first-order valence-corrected chi connectivity index (χ1v) is 10.2. The lowest BCUT2D eigenvalue weighted by molar-refractivity contribution is -0.138. The number of aromatic nitrogens is 2. The minimum atomic E-state index is -4.53. The van der Waals surface area contributed by atoms with Crippen molar-refractivity contribution in [1.82, 2.24) is 14.7 Å². The Morgan fingerprint density at radius 1 is 1.31 bits per heavy atom. The Morgan fingerprint density at radius 2 is 2.06 bits per heavy atom. The van der Waals surface area contributed by atoms with E-state index in [1.54, 1.807) is 31.0 Å². The van der Waals surface area contributed by atoms with Gasteiger partial charge in [-0.25, -0.2) is 5.84 Å². The number of anilines is 1. The van der Waals surface area contributed by atoms with Gasteiger partial charge >= 0.3 is 6.18 Å². The van der Waals surface area contributed by atoms with Crippen LogP contribution in [0, 0.1) is 0 Å². The highest BCUT2D eigenvalue weighted by Gasteiger charge is 2.35. The van der Waals surface area contributed by atoms with E-state index >= 15 is 0 Å². The second kappa shape index (κ2) is 9.61. The van der Waals surface area contributed by atoms with Crippen molar-refractivity contribution in [3.05, 3.63) is 58.5 Å². The van der Waals surface area contributed by atoms with E-state index in [2.05, 4.69) is 5.10 Å². The summed E-state index contributed by atoms with van der Waals surface area (Å²) in [4.78, 5) is 14.5. The third kappa shape index (κ3) is 4.89. The summed E-state index contributed by atoms with van der Waals surface area (Å²) in [6, 6.07) is 5.42. The minimum absolute atomic E-state index is 0.0135. The quantitative estimate of drug-likeness (QED) is 0.494. The molecule has 2 heterocycles. The zero-order valence-electron chi connectivity index (χ0n) is 18.0. The molecule has 1 aliphatic heterocycles. The Labute approximate surface area is 184 Å². The fourth-order valence-electron chi connectivity index (χ4n) is 3.76. The third-order valence-electron chi connectivity index (χ3n) is 5.39. The van der Waals surface area contributed by atoms with Crippen LogP contribution in [0.1, 0.15) is 34.8 Å². The number of hydrogen-bond acceptors (Lipinski definition) is 6. The lowest BCUT2D eigenvalue weighted by atomic mass is 9.97. The van der Waals surface area contributed by atoms with Gasteiger partial charge in [-0.05, 0) is 24.1 Å². The number of ether oxygens (including phenoxy) is 1. The summed E-state index contributed by atoms with van der Waals surface area (Å²) in [5, 5.41) is 5.75. The Bertz CT molecular complexity index is 1000. The molecule has 0 radical (unpaired) electrons. The van der Waals surface area contributed by atoms with E-state index in [4.69, 9.17) is 16.3 Å². The van der Waals surface area contributed by atoms with Crippen molar-refractivity contribution in [2.75, 3.05) is 31.8 Å². The predicted molar refractivity (Wildman–Crippen MR) is 113 cm³/mol. The number of nitrogens with two attached hydrogens (primary N) is 2. The summed E-state index contributed by atoms with van der Waals surface area (Å²) in [6.07, 6.45) is -2.32. The summed E-state index contributed by atoms with van der Waals surface area (Å²) in [7, 11) is 1.60. The maximum Gasteiger partial charge on any atom is 0.416 e. The second-order valence-corrected chi connectivity index (χ2v) is 7.43. The SMILES string of the molecule is CCc1c(C(=O)N2CCC(N(N)c3ccn(CCOC)n3)=C(N)C2)cccc1C(F)(F)F. The molecule has 0 unspecified atom stereocenters. The molecule has 0 spiro atoms. The first kappa shape index (κ1) is 23.6. The van der Waals surface area contributed by atoms with Gasteiger partial charge in [0.05, 0.1) is 31.0 Å². The monoisotopic (exact) mass is 452 g/mol. The molecule has 1 aromatic heterocycles. The van der Waals surface area contributed by atoms with E-state index in [0.717, 1.165) is 6.07 Å². The van der Waals surface area contributed by atoms with E-state index in [1.807, 2.05) is 0 Å². The molecule has 0 fully saturated rings. The van der Waals surface area contributed by atoms with Gasteiger partial charge in [-0.15, -0.1) is 0 Å². The Hall–Kier alpha value is -3.05. The fraction of sp³-hybridized carbons (Fsp3) is 0.429. The molecule has 3 rings (SSSR count). The van der Waals surface area contributed by atoms with Crippen LogP contribution >= 0.6 is 0 Å². The lowest BCUT2D eigenvalue weighted by Gasteiger charge is -2.33. The van der Waals surface area contributed by atoms with Gasteiger partial charge in [0.1, 0.15) is 0 Å². The van der Waals surface area contributed by atoms with Crippen molar-refractivity contribution in [2.45, 2.75) is 32.5 Å². The number of halogens is 3. The van der Waals surface area contributed by atoms with Crippen molar-refractivity contribution in [3.8, 4) is 0 Å². The van der Waals surface area contributed by atoms with Gasteiger partial charge < -0.3 is 15.4 Å². The number of methoxy groups -OCH3 is 1. The van der Waals surface area contributed by atoms with Gasteiger partial charge in [0.2, 0.25) is 0 Å². The van der Waals surface area contributed by atoms with Crippen LogP contribution in [-0.4, -0.2) is 47.4 Å². The number of amides is 1. The third-order valence-corrected chi connectivity index (χ3v) is 5.39. The number of hydrogen-bond donors (Lipinski definition) is 2. The molecule has 2 aromatic rings. The predicted octanol–water partition coefficient (Wildman–Crippen LogP) is 2.51. The number of carbonyl (C=O) groups excluding carboxylic acids is 1. The Morgan fingerprint density at radius 3 is 2.69 bits per heavy atom. The van der Waals surface area contributed by atoms with Crippen LogP contribution in [0.5, 0.6) is 0 Å². The average molecular weight is 452 g/mol. The van der Waals surface area contributed by atoms with Gasteiger partial charge in [0, 0.05) is 43.6 Å². The zero-order valence-corrected chi connectivity index (χ0v) is 18.0. The summed E-state index contributed by atoms with van der Waals surface area (Å²) in [6.45, 7) is 3.00. The summed E-state index contributed by atoms with van der Waals surface area (Å²) in [5.41, 5.74) is 6.43. The van der Waals surface area contributed by atoms with Crippen LogP contribution in [0.25, 0.3) is 0 Å². The number of hydrazine groups is 1. The summed E-state index contributed by atoms with van der Waals surface area (Å²) >= 11 is 0. The average Bonchev–Trinajstić information content (AvgIpc) is 3.24. The zero-order chi connectivity index (χ0) is 23.5. The minimum Gasteiger partial charge on any atom is -0.399 e. The molecule has 1 amide bonds. The van der Waals surface area contributed by atoms with Gasteiger partial charge in [0.15, 0.2) is 5.82 Å². The fourth-order valence-corrected chi connectivity index (χ4v) is 3.76. The van der Waals surface area contributed by atoms with Gasteiger partial charge in [-0.1, -0.05) is 13.0 Å². The maximum absolute atomic E-state index is 13.4. The van der Waals surface area contributed by atoms with Crippen LogP contribution in [0.4, 0.5) is 19.0 Å². The van der Waals surface area contributed by atoms with Gasteiger partial charge in [0.25, 0.3) is 5.91 Å². The van der Waals surface area contributed by atoms with Crippen molar-refractivity contribution in [1.29, 1.82) is 0 Å². The van der Waals surface area contributed by atoms with Crippen LogP contribution < -0.4 is 16.6 Å². The van der Waals surface area contributed by atoms with E-state index in [1.165, 1.54) is 22.0 Å². The van der Waals surface area contributed by atoms with Gasteiger partial charge in [-0.2, -0.15) is 18.3 Å². The van der Waals surface area contributed by atoms with E-state index in [-0.39, 0.29) is 30.6 Å². The molecule has 11 heteroatoms. The second-order valence-electron chi connectivity index (χ2n) is 7.43. The molecular weight excluding hydrogens is 425 g/mol. The van der Waals surface area contributed by atoms with Crippen molar-refractivity contribution in [3.63, 3.8) is 0 Å². The van der Waals surface area contributed by atoms with Crippen LogP contribution in [0.15, 0.2) is 41.9 Å². The standard InChI is InChI=1S/C21H27F3N6O2/c1-3-14-15(5-4-6-16(14)21(22,23)24)20(31)28-9-7-18(17(25)13-28)30(26)19-8-10-29(27-19)11-12-32-2/h4-6,8,10H,3,7,9,11-13,25-26H2,1-2H3. The molecule has 0 saturated heterocycles. The summed E-state index contributed by atoms with van der Waals surface area (Å²) < 4.78 is 46.8. The number of nitrogens with zero attached hydrogens (tertiary/aromatic N) is 4. The largest absolute Gasteiger partial charge is 0.416 e. The van der Waals surface area contributed by atoms with Crippen molar-refractivity contribution < 1.29 is 22.7 Å². The first-order chi connectivity index (χ1) is 15.2. The van der Waals surface area contributed by atoms with E-state index in [0.29, 0.717) is 36.8 Å². The number of carbonyl (C=O) groups is 1. The molecule has 0 saturated carbocycles. The smallest absolute Gasteiger partial charge is 0.399 e. The Kier molecular flexibility index (Phi) is 7.09. The topological polar surface area (TPSA) is 103 Å². The molecule has 0 atom stereocenters. The molecule has 0 bridgehead atoms. The normalized spacial score (nSPS) is 14.8. The molecule has 8 nitrogen and oxygen atoms in total. The highest BCUT2D eigenvalue weighted by Crippen LogP contribution is 2.34. The highest BCUT2D eigenvalue weighted by atomic mass is 19.4.